The van der Waals surface area contributed by atoms with Gasteiger partial charge in [-0.1, -0.05) is 172 Å². The van der Waals surface area contributed by atoms with Crippen LogP contribution in [0.4, 0.5) is 0 Å². The van der Waals surface area contributed by atoms with Gasteiger partial charge in [-0.2, -0.15) is 0 Å². The molecule has 0 fully saturated rings. The van der Waals surface area contributed by atoms with E-state index in [0.717, 1.165) is 64.2 Å². The van der Waals surface area contributed by atoms with Gasteiger partial charge < -0.3 is 28.8 Å². The normalized spacial score (nSPS) is 14.7. The van der Waals surface area contributed by atoms with Crippen molar-refractivity contribution < 1.29 is 32.9 Å². The summed E-state index contributed by atoms with van der Waals surface area (Å²) in [7, 11) is 1.25. The quantitative estimate of drug-likeness (QED) is 0.0277. The molecule has 0 aliphatic rings. The molecule has 0 spiro atoms. The third kappa shape index (κ3) is 39.0. The molecule has 3 atom stereocenters. The molecule has 0 aliphatic heterocycles. The SMILES string of the molecule is CCCCC/C=C/C/C=C/CCCCCCCC(=O)N[C@@H](COP(=O)([O-])OCC[N+](C)(C)C)[C@H](O)/C=C/CCCCCCCCCCCCCCCCC. The zero-order chi connectivity index (χ0) is 40.0. The van der Waals surface area contributed by atoms with E-state index in [9.17, 15) is 19.4 Å². The van der Waals surface area contributed by atoms with E-state index in [0.29, 0.717) is 17.4 Å². The van der Waals surface area contributed by atoms with Crippen LogP contribution in [-0.2, 0) is 18.4 Å². The largest absolute Gasteiger partial charge is 0.756 e. The highest BCUT2D eigenvalue weighted by Crippen LogP contribution is 2.38. The van der Waals surface area contributed by atoms with Crippen molar-refractivity contribution in [1.29, 1.82) is 0 Å². The Balaban J connectivity index is 4.46. The molecule has 0 rings (SSSR count). The first-order valence-corrected chi connectivity index (χ1v) is 23.8. The molecule has 0 aliphatic carbocycles. The number of hydrogen-bond acceptors (Lipinski definition) is 6. The van der Waals surface area contributed by atoms with E-state index in [1.165, 1.54) is 109 Å². The number of carbonyl (C=O) groups excluding carboxylic acids is 1. The van der Waals surface area contributed by atoms with Crippen LogP contribution in [0.25, 0.3) is 0 Å². The molecular weight excluding hydrogens is 695 g/mol. The van der Waals surface area contributed by atoms with Gasteiger partial charge in [-0.05, 0) is 51.4 Å². The second-order valence-corrected chi connectivity index (χ2v) is 17.8. The van der Waals surface area contributed by atoms with Gasteiger partial charge in [0.1, 0.15) is 13.2 Å². The zero-order valence-electron chi connectivity index (χ0n) is 35.9. The molecule has 1 amide bonds. The molecule has 0 heterocycles. The molecule has 0 aromatic carbocycles. The number of nitrogens with zero attached hydrogens (tertiary/aromatic N) is 1. The molecule has 0 radical (unpaired) electrons. The van der Waals surface area contributed by atoms with E-state index in [4.69, 9.17) is 9.05 Å². The summed E-state index contributed by atoms with van der Waals surface area (Å²) in [5.41, 5.74) is 0. The van der Waals surface area contributed by atoms with Crippen molar-refractivity contribution in [1.82, 2.24) is 5.32 Å². The number of aliphatic hydroxyl groups is 1. The number of aliphatic hydroxyl groups excluding tert-OH is 1. The third-order valence-corrected chi connectivity index (χ3v) is 10.8. The molecule has 318 valence electrons. The maximum atomic E-state index is 12.8. The molecule has 2 N–H and O–H groups in total. The highest BCUT2D eigenvalue weighted by atomic mass is 31.2. The highest BCUT2D eigenvalue weighted by Gasteiger charge is 2.23. The summed E-state index contributed by atoms with van der Waals surface area (Å²) < 4.78 is 23.2. The van der Waals surface area contributed by atoms with Crippen LogP contribution in [0, 0.1) is 0 Å². The lowest BCUT2D eigenvalue weighted by Gasteiger charge is -2.29. The minimum atomic E-state index is -4.59. The van der Waals surface area contributed by atoms with Crippen LogP contribution in [0.1, 0.15) is 194 Å². The standard InChI is InChI=1S/C45H87N2O6P/c1-6-8-10-12-14-16-18-20-22-23-25-26-28-30-32-34-36-38-44(48)43(42-53-54(50,51)52-41-40-47(3,4)5)46-45(49)39-37-35-33-31-29-27-24-21-19-17-15-13-11-9-7-2/h15,17,21,24,36,38,43-44,48H,6-14,16,18-20,22-23,25-35,37,39-42H2,1-5H3,(H-,46,49,50,51)/b17-15+,24-21+,38-36+/t43-,44+/m0/s1. The number of hydrogen-bond donors (Lipinski definition) is 2. The van der Waals surface area contributed by atoms with Crippen molar-refractivity contribution in [3.05, 3.63) is 36.5 Å². The Bertz CT molecular complexity index is 980. The Kier molecular flexibility index (Phi) is 36.4. The van der Waals surface area contributed by atoms with Crippen molar-refractivity contribution >= 4 is 13.7 Å². The maximum Gasteiger partial charge on any atom is 0.268 e. The lowest BCUT2D eigenvalue weighted by atomic mass is 10.0. The molecule has 0 saturated carbocycles. The summed E-state index contributed by atoms with van der Waals surface area (Å²) in [5, 5.41) is 13.8. The zero-order valence-corrected chi connectivity index (χ0v) is 36.8. The van der Waals surface area contributed by atoms with Gasteiger partial charge in [-0.15, -0.1) is 0 Å². The van der Waals surface area contributed by atoms with Gasteiger partial charge in [0, 0.05) is 6.42 Å². The number of nitrogens with one attached hydrogen (secondary N) is 1. The molecule has 0 aromatic heterocycles. The topological polar surface area (TPSA) is 108 Å². The predicted molar refractivity (Wildman–Crippen MR) is 228 cm³/mol. The van der Waals surface area contributed by atoms with Gasteiger partial charge in [0.2, 0.25) is 5.91 Å². The van der Waals surface area contributed by atoms with Gasteiger partial charge in [0.25, 0.3) is 7.82 Å². The summed E-state index contributed by atoms with van der Waals surface area (Å²) in [6.45, 7) is 4.60. The van der Waals surface area contributed by atoms with Crippen LogP contribution in [0.2, 0.25) is 0 Å². The first-order chi connectivity index (χ1) is 26.0. The second kappa shape index (κ2) is 37.3. The van der Waals surface area contributed by atoms with Crippen LogP contribution in [0.3, 0.4) is 0 Å². The number of phosphoric acid groups is 1. The summed E-state index contributed by atoms with van der Waals surface area (Å²) >= 11 is 0. The van der Waals surface area contributed by atoms with E-state index in [1.54, 1.807) is 6.08 Å². The van der Waals surface area contributed by atoms with E-state index in [-0.39, 0.29) is 19.1 Å². The number of carbonyl (C=O) groups is 1. The fraction of sp³-hybridized carbons (Fsp3) is 0.844. The average Bonchev–Trinajstić information content (AvgIpc) is 3.12. The first-order valence-electron chi connectivity index (χ1n) is 22.4. The van der Waals surface area contributed by atoms with E-state index < -0.39 is 20.0 Å². The lowest BCUT2D eigenvalue weighted by molar-refractivity contribution is -0.870. The molecule has 0 saturated heterocycles. The minimum absolute atomic E-state index is 0.00413. The number of rotatable bonds is 40. The number of likely N-dealkylation sites (N-methyl/N-ethyl adjacent to an activating group) is 1. The molecule has 9 heteroatoms. The molecule has 1 unspecified atom stereocenters. The van der Waals surface area contributed by atoms with Crippen LogP contribution >= 0.6 is 7.82 Å². The number of amides is 1. The number of phosphoric ester groups is 1. The van der Waals surface area contributed by atoms with Crippen molar-refractivity contribution in [3.63, 3.8) is 0 Å². The van der Waals surface area contributed by atoms with Crippen molar-refractivity contribution in [2.75, 3.05) is 40.9 Å². The molecule has 0 aromatic rings. The van der Waals surface area contributed by atoms with Gasteiger partial charge in [0.15, 0.2) is 0 Å². The molecule has 8 nitrogen and oxygen atoms in total. The Labute approximate surface area is 334 Å². The number of allylic oxidation sites excluding steroid dienone is 5. The van der Waals surface area contributed by atoms with Crippen molar-refractivity contribution in [2.24, 2.45) is 0 Å². The molecule has 54 heavy (non-hydrogen) atoms. The van der Waals surface area contributed by atoms with Crippen LogP contribution in [0.5, 0.6) is 0 Å². The predicted octanol–water partition coefficient (Wildman–Crippen LogP) is 11.7. The minimum Gasteiger partial charge on any atom is -0.756 e. The van der Waals surface area contributed by atoms with Gasteiger partial charge in [-0.25, -0.2) is 0 Å². The van der Waals surface area contributed by atoms with Crippen molar-refractivity contribution in [3.8, 4) is 0 Å². The summed E-state index contributed by atoms with van der Waals surface area (Å²) in [4.78, 5) is 25.3. The van der Waals surface area contributed by atoms with Crippen LogP contribution in [0.15, 0.2) is 36.5 Å². The Hall–Kier alpha value is -1.28. The van der Waals surface area contributed by atoms with E-state index in [1.807, 2.05) is 27.2 Å². The Morgan fingerprint density at radius 2 is 1.07 bits per heavy atom. The lowest BCUT2D eigenvalue weighted by Crippen LogP contribution is -2.45. The van der Waals surface area contributed by atoms with E-state index >= 15 is 0 Å². The number of quaternary nitrogens is 1. The fourth-order valence-electron chi connectivity index (χ4n) is 6.24. The molecule has 0 bridgehead atoms. The smallest absolute Gasteiger partial charge is 0.268 e. The molecular formula is C45H87N2O6P. The van der Waals surface area contributed by atoms with Gasteiger partial charge >= 0.3 is 0 Å². The highest BCUT2D eigenvalue weighted by molar-refractivity contribution is 7.45. The number of unbranched alkanes of at least 4 members (excludes halogenated alkanes) is 23. The van der Waals surface area contributed by atoms with Crippen LogP contribution < -0.4 is 10.2 Å². The summed E-state index contributed by atoms with van der Waals surface area (Å²) in [6.07, 6.45) is 44.7. The third-order valence-electron chi connectivity index (χ3n) is 9.84. The van der Waals surface area contributed by atoms with Crippen molar-refractivity contribution in [2.45, 2.75) is 206 Å². The monoisotopic (exact) mass is 783 g/mol. The Morgan fingerprint density at radius 1 is 0.648 bits per heavy atom. The maximum absolute atomic E-state index is 12.8. The van der Waals surface area contributed by atoms with Gasteiger partial charge in [0.05, 0.1) is 39.9 Å². The van der Waals surface area contributed by atoms with Crippen LogP contribution in [-0.4, -0.2) is 68.5 Å². The first kappa shape index (κ1) is 52.7. The average molecular weight is 783 g/mol. The summed E-state index contributed by atoms with van der Waals surface area (Å²) in [6, 6.07) is -0.892. The van der Waals surface area contributed by atoms with Gasteiger partial charge in [-0.3, -0.25) is 9.36 Å². The fourth-order valence-corrected chi connectivity index (χ4v) is 6.96. The summed E-state index contributed by atoms with van der Waals surface area (Å²) in [5.74, 6) is -0.212. The second-order valence-electron chi connectivity index (χ2n) is 16.4. The Morgan fingerprint density at radius 3 is 1.57 bits per heavy atom. The van der Waals surface area contributed by atoms with E-state index in [2.05, 4.69) is 43.5 Å².